The average Bonchev–Trinajstić information content (AvgIpc) is 2.65. The number of carbonyl (C=O) groups is 1. The quantitative estimate of drug-likeness (QED) is 0.869. The first-order valence-corrected chi connectivity index (χ1v) is 5.10. The van der Waals surface area contributed by atoms with Gasteiger partial charge in [0.1, 0.15) is 5.82 Å². The molecule has 1 amide bonds. The molecule has 16 heavy (non-hydrogen) atoms. The Hall–Kier alpha value is -1.81. The molecule has 1 N–H and O–H groups in total. The van der Waals surface area contributed by atoms with Gasteiger partial charge in [-0.15, -0.1) is 0 Å². The van der Waals surface area contributed by atoms with Crippen molar-refractivity contribution < 1.29 is 4.79 Å². The lowest BCUT2D eigenvalue weighted by atomic mass is 10.2. The number of benzene rings is 1. The van der Waals surface area contributed by atoms with Crippen molar-refractivity contribution in [2.24, 2.45) is 7.05 Å². The van der Waals surface area contributed by atoms with Gasteiger partial charge in [0.2, 0.25) is 0 Å². The molecule has 82 valence electrons. The van der Waals surface area contributed by atoms with Crippen LogP contribution in [-0.4, -0.2) is 15.7 Å². The monoisotopic (exact) mass is 235 g/mol. The number of halogens is 1. The van der Waals surface area contributed by atoms with E-state index in [0.717, 1.165) is 0 Å². The van der Waals surface area contributed by atoms with Crippen LogP contribution in [0.25, 0.3) is 0 Å². The third-order valence-electron chi connectivity index (χ3n) is 2.18. The maximum absolute atomic E-state index is 11.8. The highest BCUT2D eigenvalue weighted by Gasteiger charge is 2.10. The zero-order valence-electron chi connectivity index (χ0n) is 8.64. The number of nitrogens with one attached hydrogen (secondary N) is 1. The van der Waals surface area contributed by atoms with Gasteiger partial charge in [0.05, 0.1) is 16.8 Å². The van der Waals surface area contributed by atoms with Crippen molar-refractivity contribution in [2.45, 2.75) is 0 Å². The molecule has 1 heterocycles. The third kappa shape index (κ3) is 2.06. The average molecular weight is 236 g/mol. The van der Waals surface area contributed by atoms with Gasteiger partial charge in [0.25, 0.3) is 5.91 Å². The maximum atomic E-state index is 11.8. The number of aryl methyl sites for hydroxylation is 1. The van der Waals surface area contributed by atoms with Gasteiger partial charge in [-0.2, -0.15) is 5.10 Å². The van der Waals surface area contributed by atoms with Crippen LogP contribution in [0.15, 0.2) is 36.5 Å². The third-order valence-corrected chi connectivity index (χ3v) is 2.51. The minimum absolute atomic E-state index is 0.241. The van der Waals surface area contributed by atoms with Crippen molar-refractivity contribution in [1.29, 1.82) is 0 Å². The van der Waals surface area contributed by atoms with Gasteiger partial charge in [-0.3, -0.25) is 9.48 Å². The Kier molecular flexibility index (Phi) is 2.92. The number of rotatable bonds is 2. The van der Waals surface area contributed by atoms with E-state index in [1.807, 2.05) is 0 Å². The molecular weight excluding hydrogens is 226 g/mol. The Balaban J connectivity index is 2.22. The zero-order valence-corrected chi connectivity index (χ0v) is 9.40. The van der Waals surface area contributed by atoms with Gasteiger partial charge < -0.3 is 5.32 Å². The Labute approximate surface area is 97.8 Å². The molecular formula is C11H10ClN3O. The fraction of sp³-hybridized carbons (Fsp3) is 0.0909. The summed E-state index contributed by atoms with van der Waals surface area (Å²) in [5, 5.41) is 7.11. The van der Waals surface area contributed by atoms with Crippen molar-refractivity contribution in [3.8, 4) is 0 Å². The molecule has 1 aromatic heterocycles. The van der Waals surface area contributed by atoms with Crippen molar-refractivity contribution >= 4 is 23.3 Å². The summed E-state index contributed by atoms with van der Waals surface area (Å²) in [7, 11) is 1.75. The number of amides is 1. The molecule has 4 nitrogen and oxygen atoms in total. The number of anilines is 1. The molecule has 2 aromatic rings. The Morgan fingerprint density at radius 2 is 2.12 bits per heavy atom. The summed E-state index contributed by atoms with van der Waals surface area (Å²) in [5.41, 5.74) is 0.449. The van der Waals surface area contributed by atoms with Crippen molar-refractivity contribution in [1.82, 2.24) is 9.78 Å². The zero-order chi connectivity index (χ0) is 11.5. The normalized spacial score (nSPS) is 10.1. The van der Waals surface area contributed by atoms with Gasteiger partial charge in [-0.1, -0.05) is 23.7 Å². The molecule has 0 radical (unpaired) electrons. The molecule has 2 rings (SSSR count). The highest BCUT2D eigenvalue weighted by atomic mass is 35.5. The van der Waals surface area contributed by atoms with E-state index < -0.39 is 0 Å². The molecule has 0 spiro atoms. The second-order valence-electron chi connectivity index (χ2n) is 3.27. The van der Waals surface area contributed by atoms with Crippen LogP contribution >= 0.6 is 11.6 Å². The van der Waals surface area contributed by atoms with E-state index in [9.17, 15) is 4.79 Å². The summed E-state index contributed by atoms with van der Waals surface area (Å²) in [4.78, 5) is 11.8. The molecule has 0 saturated heterocycles. The molecule has 0 fully saturated rings. The molecule has 0 bridgehead atoms. The lowest BCUT2D eigenvalue weighted by Crippen LogP contribution is -2.14. The van der Waals surface area contributed by atoms with Crippen LogP contribution in [0, 0.1) is 0 Å². The number of hydrogen-bond acceptors (Lipinski definition) is 2. The van der Waals surface area contributed by atoms with Crippen LogP contribution in [0.1, 0.15) is 10.4 Å². The van der Waals surface area contributed by atoms with Crippen molar-refractivity contribution in [3.05, 3.63) is 47.1 Å². The summed E-state index contributed by atoms with van der Waals surface area (Å²) in [5.74, 6) is 0.388. The van der Waals surface area contributed by atoms with Gasteiger partial charge >= 0.3 is 0 Å². The van der Waals surface area contributed by atoms with Crippen molar-refractivity contribution in [3.63, 3.8) is 0 Å². The standard InChI is InChI=1S/C11H10ClN3O/c1-15-10(6-7-13-15)14-11(16)8-4-2-3-5-9(8)12/h2-7H,1H3,(H,14,16). The Bertz CT molecular complexity index is 521. The molecule has 0 aliphatic heterocycles. The number of nitrogens with zero attached hydrogens (tertiary/aromatic N) is 2. The second-order valence-corrected chi connectivity index (χ2v) is 3.68. The van der Waals surface area contributed by atoms with E-state index in [1.165, 1.54) is 0 Å². The molecule has 0 saturated carbocycles. The summed E-state index contributed by atoms with van der Waals surface area (Å²) in [6, 6.07) is 8.62. The van der Waals surface area contributed by atoms with Crippen LogP contribution < -0.4 is 5.32 Å². The number of aromatic nitrogens is 2. The highest BCUT2D eigenvalue weighted by Crippen LogP contribution is 2.16. The van der Waals surface area contributed by atoms with E-state index in [1.54, 1.807) is 48.3 Å². The lowest BCUT2D eigenvalue weighted by molar-refractivity contribution is 0.102. The van der Waals surface area contributed by atoms with E-state index in [2.05, 4.69) is 10.4 Å². The number of carbonyl (C=O) groups excluding carboxylic acids is 1. The fourth-order valence-corrected chi connectivity index (χ4v) is 1.55. The molecule has 0 aliphatic rings. The largest absolute Gasteiger partial charge is 0.307 e. The van der Waals surface area contributed by atoms with Gasteiger partial charge in [0, 0.05) is 13.1 Å². The molecule has 0 unspecified atom stereocenters. The van der Waals surface area contributed by atoms with Gasteiger partial charge in [0.15, 0.2) is 0 Å². The smallest absolute Gasteiger partial charge is 0.258 e. The molecule has 0 atom stereocenters. The van der Waals surface area contributed by atoms with E-state index in [-0.39, 0.29) is 5.91 Å². The van der Waals surface area contributed by atoms with Gasteiger partial charge in [-0.05, 0) is 12.1 Å². The fourth-order valence-electron chi connectivity index (χ4n) is 1.33. The van der Waals surface area contributed by atoms with Crippen molar-refractivity contribution in [2.75, 3.05) is 5.32 Å². The lowest BCUT2D eigenvalue weighted by Gasteiger charge is -2.06. The predicted molar refractivity (Wildman–Crippen MR) is 62.6 cm³/mol. The van der Waals surface area contributed by atoms with Gasteiger partial charge in [-0.25, -0.2) is 0 Å². The van der Waals surface area contributed by atoms with E-state index in [4.69, 9.17) is 11.6 Å². The predicted octanol–water partition coefficient (Wildman–Crippen LogP) is 2.33. The Morgan fingerprint density at radius 1 is 1.38 bits per heavy atom. The first-order valence-electron chi connectivity index (χ1n) is 4.72. The van der Waals surface area contributed by atoms with Crippen LogP contribution in [0.3, 0.4) is 0 Å². The maximum Gasteiger partial charge on any atom is 0.258 e. The number of hydrogen-bond donors (Lipinski definition) is 1. The summed E-state index contributed by atoms with van der Waals surface area (Å²) >= 11 is 5.92. The van der Waals surface area contributed by atoms with Crippen LogP contribution in [0.2, 0.25) is 5.02 Å². The van der Waals surface area contributed by atoms with E-state index in [0.29, 0.717) is 16.4 Å². The Morgan fingerprint density at radius 3 is 2.75 bits per heavy atom. The summed E-state index contributed by atoms with van der Waals surface area (Å²) in [6.07, 6.45) is 1.61. The molecule has 0 aliphatic carbocycles. The second kappa shape index (κ2) is 4.37. The highest BCUT2D eigenvalue weighted by molar-refractivity contribution is 6.34. The minimum Gasteiger partial charge on any atom is -0.307 e. The topological polar surface area (TPSA) is 46.9 Å². The summed E-state index contributed by atoms with van der Waals surface area (Å²) < 4.78 is 1.58. The van der Waals surface area contributed by atoms with E-state index >= 15 is 0 Å². The SMILES string of the molecule is Cn1nccc1NC(=O)c1ccccc1Cl. The van der Waals surface area contributed by atoms with Crippen LogP contribution in [-0.2, 0) is 7.05 Å². The molecule has 1 aromatic carbocycles. The minimum atomic E-state index is -0.241. The first-order chi connectivity index (χ1) is 7.68. The van der Waals surface area contributed by atoms with Crippen LogP contribution in [0.4, 0.5) is 5.82 Å². The summed E-state index contributed by atoms with van der Waals surface area (Å²) in [6.45, 7) is 0. The first kappa shape index (κ1) is 10.7. The van der Waals surface area contributed by atoms with Crippen LogP contribution in [0.5, 0.6) is 0 Å². The molecule has 5 heteroatoms.